The van der Waals surface area contributed by atoms with Gasteiger partial charge in [-0.2, -0.15) is 0 Å². The summed E-state index contributed by atoms with van der Waals surface area (Å²) in [5.41, 5.74) is 0.904. The number of nitrogens with zero attached hydrogens (tertiary/aromatic N) is 1. The molecule has 0 aromatic heterocycles. The quantitative estimate of drug-likeness (QED) is 0.270. The monoisotopic (exact) mass is 433 g/mol. The maximum Gasteiger partial charge on any atom is 0.306 e. The first-order chi connectivity index (χ1) is 14.3. The minimum atomic E-state index is -0.689. The average Bonchev–Trinajstić information content (AvgIpc) is 2.71. The zero-order valence-electron chi connectivity index (χ0n) is 16.1. The number of hydrogen-bond donors (Lipinski definition) is 2. The van der Waals surface area contributed by atoms with Crippen LogP contribution in [0.25, 0.3) is 0 Å². The smallest absolute Gasteiger partial charge is 0.306 e. The molecule has 30 heavy (non-hydrogen) atoms. The van der Waals surface area contributed by atoms with Crippen LogP contribution in [-0.4, -0.2) is 35.9 Å². The van der Waals surface area contributed by atoms with Crippen LogP contribution in [0.2, 0.25) is 5.02 Å². The fraction of sp³-hybridized carbons (Fsp3) is 0.250. The molecule has 0 aliphatic rings. The molecule has 2 rings (SSSR count). The van der Waals surface area contributed by atoms with Crippen molar-refractivity contribution in [3.05, 3.63) is 68.7 Å². The molecule has 0 fully saturated rings. The van der Waals surface area contributed by atoms with Crippen molar-refractivity contribution in [2.75, 3.05) is 18.5 Å². The molecular weight excluding hydrogens is 414 g/mol. The number of carbonyl (C=O) groups excluding carboxylic acids is 3. The summed E-state index contributed by atoms with van der Waals surface area (Å²) >= 11 is 5.76. The Balaban J connectivity index is 1.69. The van der Waals surface area contributed by atoms with Crippen molar-refractivity contribution in [3.8, 4) is 0 Å². The lowest BCUT2D eigenvalue weighted by Crippen LogP contribution is -2.25. The van der Waals surface area contributed by atoms with Crippen LogP contribution >= 0.6 is 11.6 Å². The van der Waals surface area contributed by atoms with E-state index in [1.807, 2.05) is 0 Å². The number of benzene rings is 2. The summed E-state index contributed by atoms with van der Waals surface area (Å²) in [6.07, 6.45) is 0.322. The number of hydrogen-bond acceptors (Lipinski definition) is 6. The van der Waals surface area contributed by atoms with Gasteiger partial charge in [0.15, 0.2) is 6.61 Å². The van der Waals surface area contributed by atoms with E-state index in [1.54, 1.807) is 37.3 Å². The Bertz CT molecular complexity index is 946. The second kappa shape index (κ2) is 10.9. The van der Waals surface area contributed by atoms with Gasteiger partial charge in [-0.25, -0.2) is 0 Å². The van der Waals surface area contributed by atoms with Gasteiger partial charge in [0.25, 0.3) is 17.5 Å². The third-order valence-electron chi connectivity index (χ3n) is 3.94. The van der Waals surface area contributed by atoms with E-state index in [9.17, 15) is 24.5 Å². The molecule has 9 nitrogen and oxygen atoms in total. The highest BCUT2D eigenvalue weighted by atomic mass is 35.5. The summed E-state index contributed by atoms with van der Waals surface area (Å²) in [7, 11) is 0. The molecule has 0 atom stereocenters. The molecule has 0 saturated carbocycles. The largest absolute Gasteiger partial charge is 0.456 e. The molecule has 2 N–H and O–H groups in total. The molecule has 0 heterocycles. The van der Waals surface area contributed by atoms with Crippen LogP contribution in [0.4, 0.5) is 11.4 Å². The highest BCUT2D eigenvalue weighted by molar-refractivity contribution is 6.30. The van der Waals surface area contributed by atoms with E-state index in [1.165, 1.54) is 12.1 Å². The van der Waals surface area contributed by atoms with E-state index < -0.39 is 23.4 Å². The Kier molecular flexibility index (Phi) is 8.30. The van der Waals surface area contributed by atoms with Crippen LogP contribution in [-0.2, 0) is 14.3 Å². The maximum absolute atomic E-state index is 11.9. The molecule has 0 bridgehead atoms. The Hall–Kier alpha value is -3.46. The Morgan fingerprint density at radius 3 is 2.50 bits per heavy atom. The average molecular weight is 434 g/mol. The predicted molar refractivity (Wildman–Crippen MR) is 110 cm³/mol. The fourth-order valence-corrected chi connectivity index (χ4v) is 2.57. The van der Waals surface area contributed by atoms with Crippen molar-refractivity contribution >= 4 is 40.8 Å². The van der Waals surface area contributed by atoms with Crippen LogP contribution < -0.4 is 10.6 Å². The summed E-state index contributed by atoms with van der Waals surface area (Å²) < 4.78 is 4.86. The first-order valence-corrected chi connectivity index (χ1v) is 9.38. The van der Waals surface area contributed by atoms with Gasteiger partial charge in [0.1, 0.15) is 5.69 Å². The van der Waals surface area contributed by atoms with Crippen LogP contribution in [0.3, 0.4) is 0 Å². The lowest BCUT2D eigenvalue weighted by molar-refractivity contribution is -0.384. The van der Waals surface area contributed by atoms with Crippen LogP contribution in [0.5, 0.6) is 0 Å². The maximum atomic E-state index is 11.9. The number of carbonyl (C=O) groups is 3. The summed E-state index contributed by atoms with van der Waals surface area (Å²) in [4.78, 5) is 46.0. The summed E-state index contributed by atoms with van der Waals surface area (Å²) in [6, 6.07) is 10.7. The lowest BCUT2D eigenvalue weighted by atomic mass is 10.2. The van der Waals surface area contributed by atoms with Crippen molar-refractivity contribution in [1.82, 2.24) is 5.32 Å². The highest BCUT2D eigenvalue weighted by Gasteiger charge is 2.17. The third-order valence-corrected chi connectivity index (χ3v) is 4.19. The zero-order valence-corrected chi connectivity index (χ0v) is 16.9. The van der Waals surface area contributed by atoms with Gasteiger partial charge < -0.3 is 15.4 Å². The molecule has 158 valence electrons. The number of rotatable bonds is 9. The number of amides is 2. The van der Waals surface area contributed by atoms with Crippen molar-refractivity contribution in [3.63, 3.8) is 0 Å². The number of anilines is 1. The Labute approximate surface area is 177 Å². The zero-order chi connectivity index (χ0) is 22.1. The SMILES string of the molecule is Cc1ccc(NC(=O)COC(=O)CCCNC(=O)c2ccc(Cl)cc2)c([N+](=O)[O-])c1. The second-order valence-corrected chi connectivity index (χ2v) is 6.79. The normalized spacial score (nSPS) is 10.2. The first kappa shape index (κ1) is 22.8. The molecule has 2 aromatic rings. The molecule has 2 aromatic carbocycles. The van der Waals surface area contributed by atoms with Gasteiger partial charge in [-0.05, 0) is 49.2 Å². The van der Waals surface area contributed by atoms with Gasteiger partial charge >= 0.3 is 5.97 Å². The van der Waals surface area contributed by atoms with Crippen molar-refractivity contribution in [2.24, 2.45) is 0 Å². The number of nitro benzene ring substituents is 1. The number of aryl methyl sites for hydroxylation is 1. The summed E-state index contributed by atoms with van der Waals surface area (Å²) in [5.74, 6) is -1.60. The lowest BCUT2D eigenvalue weighted by Gasteiger charge is -2.08. The van der Waals surface area contributed by atoms with E-state index in [0.717, 1.165) is 0 Å². The molecule has 0 saturated heterocycles. The van der Waals surface area contributed by atoms with Crippen LogP contribution in [0.1, 0.15) is 28.8 Å². The highest BCUT2D eigenvalue weighted by Crippen LogP contribution is 2.25. The van der Waals surface area contributed by atoms with Crippen molar-refractivity contribution < 1.29 is 24.0 Å². The molecule has 0 aliphatic heterocycles. The van der Waals surface area contributed by atoms with E-state index in [2.05, 4.69) is 10.6 Å². The minimum Gasteiger partial charge on any atom is -0.456 e. The molecule has 0 spiro atoms. The van der Waals surface area contributed by atoms with Gasteiger partial charge in [-0.1, -0.05) is 17.7 Å². The molecule has 2 amide bonds. The van der Waals surface area contributed by atoms with Gasteiger partial charge in [0.2, 0.25) is 0 Å². The molecule has 0 radical (unpaired) electrons. The number of esters is 1. The van der Waals surface area contributed by atoms with Crippen LogP contribution in [0, 0.1) is 17.0 Å². The van der Waals surface area contributed by atoms with E-state index in [4.69, 9.17) is 16.3 Å². The molecular formula is C20H20ClN3O6. The van der Waals surface area contributed by atoms with Crippen molar-refractivity contribution in [1.29, 1.82) is 0 Å². The number of halogens is 1. The first-order valence-electron chi connectivity index (χ1n) is 9.00. The van der Waals surface area contributed by atoms with Crippen LogP contribution in [0.15, 0.2) is 42.5 Å². The van der Waals surface area contributed by atoms with Gasteiger partial charge in [-0.15, -0.1) is 0 Å². The molecule has 10 heteroatoms. The van der Waals surface area contributed by atoms with Crippen molar-refractivity contribution in [2.45, 2.75) is 19.8 Å². The van der Waals surface area contributed by atoms with E-state index >= 15 is 0 Å². The number of nitro groups is 1. The number of ether oxygens (including phenoxy) is 1. The number of nitrogens with one attached hydrogen (secondary N) is 2. The van der Waals surface area contributed by atoms with E-state index in [-0.39, 0.29) is 30.2 Å². The van der Waals surface area contributed by atoms with E-state index in [0.29, 0.717) is 22.6 Å². The topological polar surface area (TPSA) is 128 Å². The van der Waals surface area contributed by atoms with Gasteiger partial charge in [0, 0.05) is 29.6 Å². The third kappa shape index (κ3) is 7.17. The fourth-order valence-electron chi connectivity index (χ4n) is 2.44. The minimum absolute atomic E-state index is 0.00113. The second-order valence-electron chi connectivity index (χ2n) is 6.35. The molecule has 0 unspecified atom stereocenters. The predicted octanol–water partition coefficient (Wildman–Crippen LogP) is 3.25. The Morgan fingerprint density at radius 2 is 1.83 bits per heavy atom. The Morgan fingerprint density at radius 1 is 1.13 bits per heavy atom. The molecule has 0 aliphatic carbocycles. The van der Waals surface area contributed by atoms with Gasteiger partial charge in [-0.3, -0.25) is 24.5 Å². The summed E-state index contributed by atoms with van der Waals surface area (Å²) in [5, 5.41) is 16.6. The summed E-state index contributed by atoms with van der Waals surface area (Å²) in [6.45, 7) is 1.37. The van der Waals surface area contributed by atoms with Gasteiger partial charge in [0.05, 0.1) is 4.92 Å². The standard InChI is InChI=1S/C20H20ClN3O6/c1-13-4-9-16(17(11-13)24(28)29)23-18(25)12-30-19(26)3-2-10-22-20(27)14-5-7-15(21)8-6-14/h4-9,11H,2-3,10,12H2,1H3,(H,22,27)(H,23,25).